The first-order chi connectivity index (χ1) is 8.40. The maximum atomic E-state index is 3.53. The Labute approximate surface area is 107 Å². The lowest BCUT2D eigenvalue weighted by atomic mass is 9.79. The highest BCUT2D eigenvalue weighted by Crippen LogP contribution is 2.38. The molecule has 1 saturated heterocycles. The topological polar surface area (TPSA) is 12.0 Å². The minimum atomic E-state index is 0.753. The molecule has 0 aliphatic carbocycles. The highest BCUT2D eigenvalue weighted by Gasteiger charge is 2.26. The van der Waals surface area contributed by atoms with Crippen LogP contribution >= 0.6 is 11.3 Å². The van der Waals surface area contributed by atoms with Crippen molar-refractivity contribution in [1.29, 1.82) is 0 Å². The molecule has 17 heavy (non-hydrogen) atoms. The number of rotatable bonds is 2. The molecular weight excluding hydrogens is 226 g/mol. The van der Waals surface area contributed by atoms with Crippen LogP contribution in [0.5, 0.6) is 0 Å². The van der Waals surface area contributed by atoms with Crippen LogP contribution in [0.2, 0.25) is 0 Å². The van der Waals surface area contributed by atoms with E-state index < -0.39 is 0 Å². The van der Waals surface area contributed by atoms with Crippen molar-refractivity contribution in [2.24, 2.45) is 5.92 Å². The molecule has 2 atom stereocenters. The molecular formula is C15H19NS. The number of fused-ring (bicyclic) bond motifs is 1. The first-order valence-corrected chi connectivity index (χ1v) is 7.45. The molecule has 1 aromatic heterocycles. The zero-order valence-corrected chi connectivity index (χ0v) is 11.1. The Morgan fingerprint density at radius 1 is 1.35 bits per heavy atom. The van der Waals surface area contributed by atoms with Gasteiger partial charge in [0, 0.05) is 4.70 Å². The van der Waals surface area contributed by atoms with E-state index in [4.69, 9.17) is 0 Å². The van der Waals surface area contributed by atoms with Gasteiger partial charge in [0.1, 0.15) is 0 Å². The fourth-order valence-corrected chi connectivity index (χ4v) is 4.05. The summed E-state index contributed by atoms with van der Waals surface area (Å²) >= 11 is 1.90. The van der Waals surface area contributed by atoms with Gasteiger partial charge in [0.15, 0.2) is 0 Å². The van der Waals surface area contributed by atoms with Crippen molar-refractivity contribution in [1.82, 2.24) is 5.32 Å². The van der Waals surface area contributed by atoms with Gasteiger partial charge >= 0.3 is 0 Å². The lowest BCUT2D eigenvalue weighted by Crippen LogP contribution is -2.35. The molecule has 1 aliphatic heterocycles. The second-order valence-corrected chi connectivity index (χ2v) is 5.87. The molecule has 2 heteroatoms. The van der Waals surface area contributed by atoms with Gasteiger partial charge < -0.3 is 5.32 Å². The Kier molecular flexibility index (Phi) is 3.17. The maximum Gasteiger partial charge on any atom is 0.0377 e. The molecule has 1 nitrogen and oxygen atoms in total. The van der Waals surface area contributed by atoms with Gasteiger partial charge in [-0.05, 0) is 53.7 Å². The summed E-state index contributed by atoms with van der Waals surface area (Å²) in [7, 11) is 0. The predicted octanol–water partition coefficient (Wildman–Crippen LogP) is 4.00. The van der Waals surface area contributed by atoms with E-state index in [-0.39, 0.29) is 0 Å². The molecule has 1 N–H and O–H groups in total. The highest BCUT2D eigenvalue weighted by atomic mass is 32.1. The summed E-state index contributed by atoms with van der Waals surface area (Å²) in [5.74, 6) is 1.56. The third-order valence-corrected chi connectivity index (χ3v) is 5.02. The monoisotopic (exact) mass is 245 g/mol. The molecule has 90 valence electrons. The number of hydrogen-bond donors (Lipinski definition) is 1. The normalized spacial score (nSPS) is 25.2. The quantitative estimate of drug-likeness (QED) is 0.843. The van der Waals surface area contributed by atoms with Gasteiger partial charge in [-0.1, -0.05) is 31.5 Å². The van der Waals surface area contributed by atoms with E-state index in [1.54, 1.807) is 5.56 Å². The summed E-state index contributed by atoms with van der Waals surface area (Å²) in [6.07, 6.45) is 2.56. The molecule has 1 fully saturated rings. The lowest BCUT2D eigenvalue weighted by molar-refractivity contribution is 0.319. The lowest BCUT2D eigenvalue weighted by Gasteiger charge is -2.32. The van der Waals surface area contributed by atoms with Crippen molar-refractivity contribution in [3.8, 4) is 0 Å². The molecule has 0 bridgehead atoms. The number of benzene rings is 1. The predicted molar refractivity (Wildman–Crippen MR) is 75.8 cm³/mol. The van der Waals surface area contributed by atoms with E-state index in [0.717, 1.165) is 11.8 Å². The summed E-state index contributed by atoms with van der Waals surface area (Å²) in [6, 6.07) is 9.04. The molecule has 0 radical (unpaired) electrons. The Bertz CT molecular complexity index is 502. The van der Waals surface area contributed by atoms with Gasteiger partial charge in [-0.2, -0.15) is 0 Å². The summed E-state index contributed by atoms with van der Waals surface area (Å²) in [4.78, 5) is 0. The van der Waals surface area contributed by atoms with Crippen molar-refractivity contribution >= 4 is 21.4 Å². The summed E-state index contributed by atoms with van der Waals surface area (Å²) in [5.41, 5.74) is 1.59. The molecule has 1 aromatic carbocycles. The van der Waals surface area contributed by atoms with Crippen LogP contribution in [0.15, 0.2) is 29.6 Å². The molecule has 0 saturated carbocycles. The Balaban J connectivity index is 2.04. The first-order valence-electron chi connectivity index (χ1n) is 6.57. The Morgan fingerprint density at radius 2 is 2.29 bits per heavy atom. The van der Waals surface area contributed by atoms with E-state index in [1.165, 1.54) is 36.0 Å². The van der Waals surface area contributed by atoms with Crippen LogP contribution in [0.3, 0.4) is 0 Å². The van der Waals surface area contributed by atoms with E-state index in [2.05, 4.69) is 41.9 Å². The van der Waals surface area contributed by atoms with E-state index in [0.29, 0.717) is 0 Å². The number of thiophene rings is 1. The van der Waals surface area contributed by atoms with Gasteiger partial charge in [0.2, 0.25) is 0 Å². The number of piperidine rings is 1. The van der Waals surface area contributed by atoms with Crippen LogP contribution < -0.4 is 5.32 Å². The summed E-state index contributed by atoms with van der Waals surface area (Å²) < 4.78 is 1.51. The second kappa shape index (κ2) is 4.79. The largest absolute Gasteiger partial charge is 0.316 e. The molecule has 1 aliphatic rings. The van der Waals surface area contributed by atoms with Gasteiger partial charge in [-0.15, -0.1) is 11.3 Å². The fraction of sp³-hybridized carbons (Fsp3) is 0.467. The minimum Gasteiger partial charge on any atom is -0.316 e. The number of nitrogens with one attached hydrogen (secondary N) is 1. The van der Waals surface area contributed by atoms with E-state index in [9.17, 15) is 0 Å². The van der Waals surface area contributed by atoms with Crippen molar-refractivity contribution in [3.63, 3.8) is 0 Å². The van der Waals surface area contributed by atoms with Gasteiger partial charge in [-0.25, -0.2) is 0 Å². The second-order valence-electron chi connectivity index (χ2n) is 4.95. The molecule has 0 amide bonds. The first kappa shape index (κ1) is 11.2. The van der Waals surface area contributed by atoms with Gasteiger partial charge in [-0.3, -0.25) is 0 Å². The molecule has 2 heterocycles. The summed E-state index contributed by atoms with van der Waals surface area (Å²) in [6.45, 7) is 4.67. The third kappa shape index (κ3) is 2.00. The van der Waals surface area contributed by atoms with Crippen molar-refractivity contribution in [2.45, 2.75) is 25.7 Å². The van der Waals surface area contributed by atoms with Crippen molar-refractivity contribution in [3.05, 3.63) is 35.2 Å². The number of hydrogen-bond acceptors (Lipinski definition) is 2. The smallest absolute Gasteiger partial charge is 0.0377 e. The van der Waals surface area contributed by atoms with Crippen molar-refractivity contribution < 1.29 is 0 Å². The molecule has 2 aromatic rings. The van der Waals surface area contributed by atoms with Crippen LogP contribution in [-0.4, -0.2) is 13.1 Å². The van der Waals surface area contributed by atoms with Crippen LogP contribution in [0.1, 0.15) is 31.2 Å². The Morgan fingerprint density at radius 3 is 3.18 bits per heavy atom. The van der Waals surface area contributed by atoms with Crippen LogP contribution in [0.25, 0.3) is 10.1 Å². The van der Waals surface area contributed by atoms with E-state index >= 15 is 0 Å². The SMILES string of the molecule is CC[C@@H]1CNCC[C@@H]1c1cccc2ccsc12. The average Bonchev–Trinajstić information content (AvgIpc) is 2.86. The van der Waals surface area contributed by atoms with E-state index in [1.807, 2.05) is 11.3 Å². The highest BCUT2D eigenvalue weighted by molar-refractivity contribution is 7.17. The Hall–Kier alpha value is -0.860. The summed E-state index contributed by atoms with van der Waals surface area (Å²) in [5, 5.41) is 7.17. The third-order valence-electron chi connectivity index (χ3n) is 4.04. The van der Waals surface area contributed by atoms with Crippen LogP contribution in [0, 0.1) is 5.92 Å². The fourth-order valence-electron chi connectivity index (χ4n) is 3.07. The zero-order valence-electron chi connectivity index (χ0n) is 10.3. The molecule has 0 unspecified atom stereocenters. The van der Waals surface area contributed by atoms with Gasteiger partial charge in [0.05, 0.1) is 0 Å². The zero-order chi connectivity index (χ0) is 11.7. The average molecular weight is 245 g/mol. The van der Waals surface area contributed by atoms with Gasteiger partial charge in [0.25, 0.3) is 0 Å². The maximum absolute atomic E-state index is 3.53. The van der Waals surface area contributed by atoms with Crippen molar-refractivity contribution in [2.75, 3.05) is 13.1 Å². The van der Waals surface area contributed by atoms with Crippen LogP contribution in [-0.2, 0) is 0 Å². The minimum absolute atomic E-state index is 0.753. The molecule has 3 rings (SSSR count). The molecule has 0 spiro atoms. The van der Waals surface area contributed by atoms with Crippen LogP contribution in [0.4, 0.5) is 0 Å². The standard InChI is InChI=1S/C15H19NS/c1-2-11-10-16-8-6-13(11)14-5-3-4-12-7-9-17-15(12)14/h3-5,7,9,11,13,16H,2,6,8,10H2,1H3/t11-,13+/m1/s1.